The van der Waals surface area contributed by atoms with E-state index in [1.54, 1.807) is 0 Å². The minimum atomic E-state index is -1.39. The van der Waals surface area contributed by atoms with Gasteiger partial charge < -0.3 is 38.3 Å². The van der Waals surface area contributed by atoms with Crippen LogP contribution in [0.4, 0.5) is 0 Å². The smallest absolute Gasteiger partial charge is 0.326 e. The molecule has 0 aliphatic carbocycles. The molecule has 0 heterocycles. The van der Waals surface area contributed by atoms with E-state index in [9.17, 15) is 29.1 Å². The molecule has 0 aliphatic rings. The summed E-state index contributed by atoms with van der Waals surface area (Å²) >= 11 is 1.45. The maximum atomic E-state index is 12.6. The van der Waals surface area contributed by atoms with Gasteiger partial charge in [0.25, 0.3) is 0 Å². The zero-order valence-electron chi connectivity index (χ0n) is 17.0. The van der Waals surface area contributed by atoms with Gasteiger partial charge in [-0.15, -0.1) is 0 Å². The first-order valence-corrected chi connectivity index (χ1v) is 10.9. The van der Waals surface area contributed by atoms with Crippen LogP contribution in [-0.4, -0.2) is 77.9 Å². The number of nitrogens with two attached hydrogens (primary N) is 3. The zero-order valence-corrected chi connectivity index (χ0v) is 17.8. The molecule has 4 amide bonds. The minimum absolute atomic E-state index is 0.137. The number of hydrogen-bond acceptors (Lipinski definition) is 8. The van der Waals surface area contributed by atoms with E-state index >= 15 is 0 Å². The Morgan fingerprint density at radius 3 is 2.00 bits per heavy atom. The summed E-state index contributed by atoms with van der Waals surface area (Å²) in [5.74, 6) is -3.70. The summed E-state index contributed by atoms with van der Waals surface area (Å²) in [7, 11) is 0. The van der Waals surface area contributed by atoms with E-state index in [1.807, 2.05) is 6.26 Å². The molecule has 30 heavy (non-hydrogen) atoms. The Hall–Kier alpha value is -2.38. The average Bonchev–Trinajstić information content (AvgIpc) is 2.68. The molecule has 0 aromatic rings. The second-order valence-electron chi connectivity index (χ2n) is 6.52. The highest BCUT2D eigenvalue weighted by molar-refractivity contribution is 7.98. The largest absolute Gasteiger partial charge is 0.480 e. The molecule has 0 aromatic carbocycles. The van der Waals surface area contributed by atoms with Crippen LogP contribution in [0.1, 0.15) is 32.1 Å². The van der Waals surface area contributed by atoms with E-state index in [1.165, 1.54) is 11.8 Å². The van der Waals surface area contributed by atoms with Crippen LogP contribution in [0.3, 0.4) is 0 Å². The maximum absolute atomic E-state index is 12.6. The van der Waals surface area contributed by atoms with E-state index in [0.29, 0.717) is 25.1 Å². The van der Waals surface area contributed by atoms with Crippen LogP contribution in [0.25, 0.3) is 0 Å². The van der Waals surface area contributed by atoms with Crippen LogP contribution in [0.15, 0.2) is 0 Å². The first-order valence-electron chi connectivity index (χ1n) is 9.46. The van der Waals surface area contributed by atoms with Gasteiger partial charge in [-0.05, 0) is 44.2 Å². The number of amides is 4. The van der Waals surface area contributed by atoms with E-state index in [-0.39, 0.29) is 19.4 Å². The molecule has 10 N–H and O–H groups in total. The molecule has 3 unspecified atom stereocenters. The topological polar surface area (TPSA) is 220 Å². The first-order chi connectivity index (χ1) is 14.2. The third kappa shape index (κ3) is 11.6. The Morgan fingerprint density at radius 1 is 0.900 bits per heavy atom. The van der Waals surface area contributed by atoms with Crippen LogP contribution < -0.4 is 33.2 Å². The number of carbonyl (C=O) groups is 5. The third-order valence-electron chi connectivity index (χ3n) is 4.05. The molecule has 3 atom stereocenters. The van der Waals surface area contributed by atoms with E-state index < -0.39 is 54.1 Å². The summed E-state index contributed by atoms with van der Waals surface area (Å²) in [5, 5.41) is 16.4. The Kier molecular flexibility index (Phi) is 14.2. The predicted molar refractivity (Wildman–Crippen MR) is 112 cm³/mol. The molecule has 172 valence electrons. The zero-order chi connectivity index (χ0) is 23.1. The Balaban J connectivity index is 5.26. The van der Waals surface area contributed by atoms with Crippen LogP contribution >= 0.6 is 11.8 Å². The number of hydrogen-bond donors (Lipinski definition) is 7. The van der Waals surface area contributed by atoms with Gasteiger partial charge in [0, 0.05) is 0 Å². The highest BCUT2D eigenvalue weighted by Crippen LogP contribution is 2.05. The number of carboxylic acids is 1. The molecule has 0 rings (SSSR count). The molecular formula is C17H32N6O6S. The number of carboxylic acid groups (broad SMARTS) is 1. The molecule has 0 spiro atoms. The molecule has 0 bridgehead atoms. The molecule has 0 aliphatic heterocycles. The number of nitrogens with one attached hydrogen (secondary N) is 3. The molecule has 0 radical (unpaired) electrons. The number of unbranched alkanes of at least 4 members (excludes halogenated alkanes) is 1. The second-order valence-corrected chi connectivity index (χ2v) is 7.51. The standard InChI is InChI=1S/C17H32N6O6S/c1-30-7-5-10(21-14(25)9-19)15(26)23-12(8-13(20)24)16(27)22-11(17(28)29)4-2-3-6-18/h10-12H,2-9,18-19H2,1H3,(H2,20,24)(H,21,25)(H,22,27)(H,23,26)(H,28,29). The van der Waals surface area contributed by atoms with Crippen molar-refractivity contribution in [1.29, 1.82) is 0 Å². The summed E-state index contributed by atoms with van der Waals surface area (Å²) in [6, 6.07) is -3.57. The van der Waals surface area contributed by atoms with Gasteiger partial charge >= 0.3 is 5.97 Å². The number of aliphatic carboxylic acids is 1. The van der Waals surface area contributed by atoms with E-state index in [0.717, 1.165) is 0 Å². The summed E-state index contributed by atoms with van der Waals surface area (Å²) in [4.78, 5) is 59.5. The van der Waals surface area contributed by atoms with Crippen LogP contribution in [0, 0.1) is 0 Å². The molecule has 0 fully saturated rings. The molecule has 12 nitrogen and oxygen atoms in total. The Labute approximate surface area is 179 Å². The van der Waals surface area contributed by atoms with Crippen LogP contribution in [0.2, 0.25) is 0 Å². The number of thioether (sulfide) groups is 1. The van der Waals surface area contributed by atoms with E-state index in [4.69, 9.17) is 17.2 Å². The van der Waals surface area contributed by atoms with Crippen molar-refractivity contribution in [2.45, 2.75) is 50.2 Å². The van der Waals surface area contributed by atoms with Crippen molar-refractivity contribution in [2.75, 3.05) is 25.1 Å². The molecule has 0 saturated heterocycles. The van der Waals surface area contributed by atoms with Gasteiger partial charge in [0.15, 0.2) is 0 Å². The predicted octanol–water partition coefficient (Wildman–Crippen LogP) is -2.76. The van der Waals surface area contributed by atoms with Gasteiger partial charge in [0.05, 0.1) is 13.0 Å². The van der Waals surface area contributed by atoms with Crippen molar-refractivity contribution in [2.24, 2.45) is 17.2 Å². The quantitative estimate of drug-likeness (QED) is 0.121. The van der Waals surface area contributed by atoms with Crippen molar-refractivity contribution >= 4 is 41.4 Å². The second kappa shape index (κ2) is 15.5. The van der Waals surface area contributed by atoms with Crippen LogP contribution in [-0.2, 0) is 24.0 Å². The SMILES string of the molecule is CSCCC(NC(=O)CN)C(=O)NC(CC(N)=O)C(=O)NC(CCCCN)C(=O)O. The lowest BCUT2D eigenvalue weighted by Gasteiger charge is -2.24. The van der Waals surface area contributed by atoms with E-state index in [2.05, 4.69) is 16.0 Å². The van der Waals surface area contributed by atoms with Gasteiger partial charge in [-0.2, -0.15) is 11.8 Å². The fourth-order valence-corrected chi connectivity index (χ4v) is 2.93. The highest BCUT2D eigenvalue weighted by atomic mass is 32.2. The van der Waals surface area contributed by atoms with Gasteiger partial charge in [-0.25, -0.2) is 4.79 Å². The average molecular weight is 449 g/mol. The lowest BCUT2D eigenvalue weighted by Crippen LogP contribution is -2.57. The van der Waals surface area contributed by atoms with Gasteiger partial charge in [0.1, 0.15) is 18.1 Å². The monoisotopic (exact) mass is 448 g/mol. The lowest BCUT2D eigenvalue weighted by atomic mass is 10.1. The normalized spacial score (nSPS) is 13.6. The van der Waals surface area contributed by atoms with Crippen LogP contribution in [0.5, 0.6) is 0 Å². The Morgan fingerprint density at radius 2 is 1.50 bits per heavy atom. The minimum Gasteiger partial charge on any atom is -0.480 e. The molecular weight excluding hydrogens is 416 g/mol. The molecule has 0 aromatic heterocycles. The lowest BCUT2D eigenvalue weighted by molar-refractivity contribution is -0.142. The Bertz CT molecular complexity index is 605. The summed E-state index contributed by atoms with van der Waals surface area (Å²) in [6.07, 6.45) is 2.74. The molecule has 13 heteroatoms. The van der Waals surface area contributed by atoms with Crippen molar-refractivity contribution in [3.8, 4) is 0 Å². The van der Waals surface area contributed by atoms with Crippen molar-refractivity contribution in [1.82, 2.24) is 16.0 Å². The van der Waals surface area contributed by atoms with Gasteiger partial charge in [0.2, 0.25) is 23.6 Å². The van der Waals surface area contributed by atoms with Crippen molar-refractivity contribution < 1.29 is 29.1 Å². The third-order valence-corrected chi connectivity index (χ3v) is 4.69. The number of carbonyl (C=O) groups excluding carboxylic acids is 4. The fourth-order valence-electron chi connectivity index (χ4n) is 2.46. The van der Waals surface area contributed by atoms with Crippen molar-refractivity contribution in [3.05, 3.63) is 0 Å². The highest BCUT2D eigenvalue weighted by Gasteiger charge is 2.30. The maximum Gasteiger partial charge on any atom is 0.326 e. The fraction of sp³-hybridized carbons (Fsp3) is 0.706. The van der Waals surface area contributed by atoms with Gasteiger partial charge in [-0.3, -0.25) is 19.2 Å². The first kappa shape index (κ1) is 27.6. The summed E-state index contributed by atoms with van der Waals surface area (Å²) < 4.78 is 0. The summed E-state index contributed by atoms with van der Waals surface area (Å²) in [6.45, 7) is 0.0595. The van der Waals surface area contributed by atoms with Gasteiger partial charge in [-0.1, -0.05) is 0 Å². The number of primary amides is 1. The number of rotatable bonds is 16. The van der Waals surface area contributed by atoms with Crippen molar-refractivity contribution in [3.63, 3.8) is 0 Å². The summed E-state index contributed by atoms with van der Waals surface area (Å²) in [5.41, 5.74) is 15.8. The molecule has 0 saturated carbocycles.